The van der Waals surface area contributed by atoms with Crippen molar-refractivity contribution in [1.29, 1.82) is 5.26 Å². The van der Waals surface area contributed by atoms with E-state index in [0.29, 0.717) is 18.4 Å². The van der Waals surface area contributed by atoms with Gasteiger partial charge < -0.3 is 16.0 Å². The first kappa shape index (κ1) is 18.5. The number of hydrogen-bond acceptors (Lipinski definition) is 4. The fraction of sp³-hybridized carbons (Fsp3) is 0.286. The van der Waals surface area contributed by atoms with Crippen molar-refractivity contribution in [3.8, 4) is 6.07 Å². The summed E-state index contributed by atoms with van der Waals surface area (Å²) in [6.45, 7) is 0.0823. The van der Waals surface area contributed by atoms with Gasteiger partial charge in [-0.25, -0.2) is 0 Å². The second-order valence-corrected chi connectivity index (χ2v) is 6.70. The smallest absolute Gasteiger partial charge is 0.255 e. The summed E-state index contributed by atoms with van der Waals surface area (Å²) in [7, 11) is 0. The molecule has 0 radical (unpaired) electrons. The minimum absolute atomic E-state index is 0.0823. The molecule has 1 saturated carbocycles. The van der Waals surface area contributed by atoms with Crippen molar-refractivity contribution in [1.82, 2.24) is 5.32 Å². The molecule has 2 aromatic carbocycles. The van der Waals surface area contributed by atoms with Crippen molar-refractivity contribution in [3.05, 3.63) is 60.2 Å². The minimum Gasteiger partial charge on any atom is -0.376 e. The first-order valence-corrected chi connectivity index (χ1v) is 9.03. The molecule has 138 valence electrons. The Balaban J connectivity index is 1.51. The van der Waals surface area contributed by atoms with E-state index in [1.54, 1.807) is 24.3 Å². The van der Waals surface area contributed by atoms with Crippen LogP contribution in [0.25, 0.3) is 0 Å². The zero-order valence-corrected chi connectivity index (χ0v) is 15.0. The summed E-state index contributed by atoms with van der Waals surface area (Å²) < 4.78 is 0. The summed E-state index contributed by atoms with van der Waals surface area (Å²) >= 11 is 0. The fourth-order valence-corrected chi connectivity index (χ4v) is 3.20. The number of carbonyl (C=O) groups excluding carboxylic acids is 2. The van der Waals surface area contributed by atoms with Crippen LogP contribution in [0.4, 0.5) is 11.4 Å². The number of hydrogen-bond donors (Lipinski definition) is 3. The van der Waals surface area contributed by atoms with Crippen molar-refractivity contribution >= 4 is 23.2 Å². The Labute approximate surface area is 158 Å². The SMILES string of the molecule is N#CC1(NC(=O)CNc2ccc(C(=O)Nc3ccccc3)cc2)CCCC1. The van der Waals surface area contributed by atoms with Gasteiger partial charge in [0.1, 0.15) is 5.54 Å². The molecular weight excluding hydrogens is 340 g/mol. The lowest BCUT2D eigenvalue weighted by Crippen LogP contribution is -2.47. The van der Waals surface area contributed by atoms with Crippen LogP contribution in [0.1, 0.15) is 36.0 Å². The normalized spacial score (nSPS) is 14.8. The third-order valence-corrected chi connectivity index (χ3v) is 4.68. The molecule has 27 heavy (non-hydrogen) atoms. The molecule has 1 aliphatic carbocycles. The molecular formula is C21H22N4O2. The first-order valence-electron chi connectivity index (χ1n) is 9.03. The summed E-state index contributed by atoms with van der Waals surface area (Å²) in [5.41, 5.74) is 1.29. The highest BCUT2D eigenvalue weighted by Gasteiger charge is 2.35. The van der Waals surface area contributed by atoms with E-state index >= 15 is 0 Å². The maximum absolute atomic E-state index is 12.2. The third-order valence-electron chi connectivity index (χ3n) is 4.68. The van der Waals surface area contributed by atoms with Crippen molar-refractivity contribution in [2.75, 3.05) is 17.2 Å². The molecule has 6 nitrogen and oxygen atoms in total. The van der Waals surface area contributed by atoms with Crippen molar-refractivity contribution in [2.24, 2.45) is 0 Å². The topological polar surface area (TPSA) is 94.0 Å². The Morgan fingerprint density at radius 1 is 0.963 bits per heavy atom. The molecule has 3 N–H and O–H groups in total. The lowest BCUT2D eigenvalue weighted by molar-refractivity contribution is -0.120. The maximum Gasteiger partial charge on any atom is 0.255 e. The molecule has 1 aliphatic rings. The van der Waals surface area contributed by atoms with E-state index in [1.165, 1.54) is 0 Å². The second-order valence-electron chi connectivity index (χ2n) is 6.70. The van der Waals surface area contributed by atoms with E-state index in [-0.39, 0.29) is 18.4 Å². The van der Waals surface area contributed by atoms with Crippen LogP contribution in [0.2, 0.25) is 0 Å². The number of rotatable bonds is 6. The van der Waals surface area contributed by atoms with Crippen LogP contribution in [-0.4, -0.2) is 23.9 Å². The average Bonchev–Trinajstić information content (AvgIpc) is 3.16. The lowest BCUT2D eigenvalue weighted by Gasteiger charge is -2.22. The van der Waals surface area contributed by atoms with Crippen molar-refractivity contribution in [2.45, 2.75) is 31.2 Å². The van der Waals surface area contributed by atoms with Crippen molar-refractivity contribution in [3.63, 3.8) is 0 Å². The second kappa shape index (κ2) is 8.37. The van der Waals surface area contributed by atoms with Gasteiger partial charge in [-0.2, -0.15) is 5.26 Å². The number of carbonyl (C=O) groups is 2. The zero-order valence-electron chi connectivity index (χ0n) is 15.0. The molecule has 0 bridgehead atoms. The number of nitrogens with zero attached hydrogens (tertiary/aromatic N) is 1. The zero-order chi connectivity index (χ0) is 19.1. The molecule has 2 amide bonds. The van der Waals surface area contributed by atoms with Gasteiger partial charge >= 0.3 is 0 Å². The van der Waals surface area contributed by atoms with Crippen molar-refractivity contribution < 1.29 is 9.59 Å². The summed E-state index contributed by atoms with van der Waals surface area (Å²) in [5, 5.41) is 18.0. The number of nitrogens with one attached hydrogen (secondary N) is 3. The third kappa shape index (κ3) is 4.85. The Bertz CT molecular complexity index is 835. The lowest BCUT2D eigenvalue weighted by atomic mass is 10.00. The average molecular weight is 362 g/mol. The molecule has 0 atom stereocenters. The summed E-state index contributed by atoms with van der Waals surface area (Å²) in [6.07, 6.45) is 3.35. The van der Waals surface area contributed by atoms with Gasteiger partial charge in [0.15, 0.2) is 0 Å². The Morgan fingerprint density at radius 2 is 1.63 bits per heavy atom. The largest absolute Gasteiger partial charge is 0.376 e. The standard InChI is InChI=1S/C21H22N4O2/c22-15-21(12-4-5-13-21)25-19(26)14-23-17-10-8-16(9-11-17)20(27)24-18-6-2-1-3-7-18/h1-3,6-11,23H,4-5,12-14H2,(H,24,27)(H,25,26). The van der Waals surface area contributed by atoms with Crippen LogP contribution in [-0.2, 0) is 4.79 Å². The minimum atomic E-state index is -0.710. The quantitative estimate of drug-likeness (QED) is 0.735. The van der Waals surface area contributed by atoms with E-state index in [1.807, 2.05) is 30.3 Å². The molecule has 0 aromatic heterocycles. The molecule has 0 unspecified atom stereocenters. The molecule has 6 heteroatoms. The van der Waals surface area contributed by atoms with Gasteiger partial charge in [-0.15, -0.1) is 0 Å². The van der Waals surface area contributed by atoms with Gasteiger partial charge in [0.05, 0.1) is 12.6 Å². The number of amides is 2. The van der Waals surface area contributed by atoms with Crippen LogP contribution in [0.15, 0.2) is 54.6 Å². The van der Waals surface area contributed by atoms with E-state index in [0.717, 1.165) is 24.2 Å². The van der Waals surface area contributed by atoms with E-state index in [2.05, 4.69) is 22.0 Å². The Morgan fingerprint density at radius 3 is 2.26 bits per heavy atom. The number of anilines is 2. The highest BCUT2D eigenvalue weighted by atomic mass is 16.2. The number of benzene rings is 2. The summed E-state index contributed by atoms with van der Waals surface area (Å²) in [6, 6.07) is 18.4. The van der Waals surface area contributed by atoms with Crippen LogP contribution in [0.3, 0.4) is 0 Å². The van der Waals surface area contributed by atoms with Crippen LogP contribution in [0.5, 0.6) is 0 Å². The number of para-hydroxylation sites is 1. The van der Waals surface area contributed by atoms with E-state index in [4.69, 9.17) is 0 Å². The monoisotopic (exact) mass is 362 g/mol. The van der Waals surface area contributed by atoms with Gasteiger partial charge in [-0.05, 0) is 62.1 Å². The van der Waals surface area contributed by atoms with Gasteiger partial charge in [0.2, 0.25) is 5.91 Å². The van der Waals surface area contributed by atoms with Gasteiger partial charge in [-0.3, -0.25) is 9.59 Å². The predicted octanol–water partition coefficient (Wildman–Crippen LogP) is 3.30. The van der Waals surface area contributed by atoms with E-state index < -0.39 is 5.54 Å². The van der Waals surface area contributed by atoms with E-state index in [9.17, 15) is 14.9 Å². The van der Waals surface area contributed by atoms with Gasteiger partial charge in [-0.1, -0.05) is 18.2 Å². The first-order chi connectivity index (χ1) is 13.1. The summed E-state index contributed by atoms with van der Waals surface area (Å²) in [4.78, 5) is 24.4. The predicted molar refractivity (Wildman–Crippen MR) is 104 cm³/mol. The van der Waals surface area contributed by atoms with Crippen LogP contribution < -0.4 is 16.0 Å². The maximum atomic E-state index is 12.2. The highest BCUT2D eigenvalue weighted by molar-refractivity contribution is 6.04. The summed E-state index contributed by atoms with van der Waals surface area (Å²) in [5.74, 6) is -0.396. The van der Waals surface area contributed by atoms with Crippen LogP contribution >= 0.6 is 0 Å². The fourth-order valence-electron chi connectivity index (χ4n) is 3.20. The molecule has 0 saturated heterocycles. The van der Waals surface area contributed by atoms with Crippen LogP contribution in [0, 0.1) is 11.3 Å². The molecule has 0 heterocycles. The van der Waals surface area contributed by atoms with Gasteiger partial charge in [0.25, 0.3) is 5.91 Å². The molecule has 0 spiro atoms. The Hall–Kier alpha value is -3.33. The molecule has 0 aliphatic heterocycles. The highest BCUT2D eigenvalue weighted by Crippen LogP contribution is 2.28. The number of nitriles is 1. The van der Waals surface area contributed by atoms with Gasteiger partial charge in [0, 0.05) is 16.9 Å². The molecule has 3 rings (SSSR count). The molecule has 2 aromatic rings. The Kier molecular flexibility index (Phi) is 5.72. The molecule has 1 fully saturated rings.